The van der Waals surface area contributed by atoms with E-state index >= 15 is 0 Å². The Labute approximate surface area is 218 Å². The van der Waals surface area contributed by atoms with E-state index in [1.165, 1.54) is 57.2 Å². The number of nitrogens with one attached hydrogen (secondary N) is 2. The molecule has 9 heteroatoms. The second-order valence-corrected chi connectivity index (χ2v) is 11.0. The molecular formula is C27H39N7OS. The number of benzene rings is 1. The van der Waals surface area contributed by atoms with Gasteiger partial charge in [0.15, 0.2) is 11.5 Å². The molecule has 5 rings (SSSR count). The minimum absolute atomic E-state index is 0.165. The van der Waals surface area contributed by atoms with E-state index in [1.54, 1.807) is 18.1 Å². The van der Waals surface area contributed by atoms with Crippen molar-refractivity contribution >= 4 is 35.2 Å². The number of amides is 1. The number of piperidine rings is 2. The van der Waals surface area contributed by atoms with Crippen molar-refractivity contribution < 1.29 is 4.79 Å². The molecule has 0 radical (unpaired) electrons. The molecule has 0 unspecified atom stereocenters. The second-order valence-electron chi connectivity index (χ2n) is 10.4. The van der Waals surface area contributed by atoms with E-state index in [0.29, 0.717) is 17.8 Å². The zero-order valence-electron chi connectivity index (χ0n) is 21.3. The number of nitrogens with zero attached hydrogens (tertiary/aromatic N) is 4. The van der Waals surface area contributed by atoms with Gasteiger partial charge in [-0.3, -0.25) is 9.52 Å². The topological polar surface area (TPSA) is 99.4 Å². The van der Waals surface area contributed by atoms with Crippen LogP contribution in [0, 0.1) is 0 Å². The number of aromatic nitrogens is 2. The lowest BCUT2D eigenvalue weighted by Gasteiger charge is -2.36. The molecule has 0 bridgehead atoms. The molecule has 2 saturated heterocycles. The maximum absolute atomic E-state index is 12.1. The highest BCUT2D eigenvalue weighted by molar-refractivity contribution is 7.96. The summed E-state index contributed by atoms with van der Waals surface area (Å²) in [5.41, 5.74) is 8.07. The van der Waals surface area contributed by atoms with Crippen molar-refractivity contribution in [2.24, 2.45) is 5.73 Å². The fraction of sp³-hybridized carbons (Fsp3) is 0.593. The van der Waals surface area contributed by atoms with Crippen LogP contribution in [-0.4, -0.2) is 65.3 Å². The predicted molar refractivity (Wildman–Crippen MR) is 148 cm³/mol. The third-order valence-corrected chi connectivity index (χ3v) is 8.61. The van der Waals surface area contributed by atoms with Gasteiger partial charge in [-0.2, -0.15) is 0 Å². The molecule has 0 spiro atoms. The van der Waals surface area contributed by atoms with Crippen LogP contribution >= 0.6 is 11.9 Å². The Hall–Kier alpha value is -2.36. The van der Waals surface area contributed by atoms with Crippen molar-refractivity contribution in [2.45, 2.75) is 69.4 Å². The first-order valence-electron chi connectivity index (χ1n) is 13.4. The maximum atomic E-state index is 12.1. The molecule has 3 fully saturated rings. The number of likely N-dealkylation sites (tertiary alicyclic amines) is 1. The monoisotopic (exact) mass is 509 g/mol. The lowest BCUT2D eigenvalue weighted by atomic mass is 9.88. The maximum Gasteiger partial charge on any atom is 0.271 e. The molecule has 3 heterocycles. The number of carbonyl (C=O) groups is 1. The Morgan fingerprint density at radius 3 is 2.47 bits per heavy atom. The lowest BCUT2D eigenvalue weighted by Crippen LogP contribution is -2.44. The van der Waals surface area contributed by atoms with Crippen LogP contribution in [0.25, 0.3) is 0 Å². The van der Waals surface area contributed by atoms with Gasteiger partial charge in [0, 0.05) is 30.9 Å². The Bertz CT molecular complexity index is 1020. The van der Waals surface area contributed by atoms with Crippen molar-refractivity contribution in [3.63, 3.8) is 0 Å². The van der Waals surface area contributed by atoms with E-state index in [4.69, 9.17) is 10.7 Å². The van der Waals surface area contributed by atoms with Gasteiger partial charge in [-0.1, -0.05) is 36.9 Å². The number of hydrogen-bond donors (Lipinski definition) is 3. The summed E-state index contributed by atoms with van der Waals surface area (Å²) in [6.45, 7) is 4.21. The molecule has 3 aliphatic rings. The van der Waals surface area contributed by atoms with Crippen LogP contribution in [0.1, 0.15) is 73.3 Å². The molecule has 1 aromatic heterocycles. The number of anilines is 3. The van der Waals surface area contributed by atoms with Crippen molar-refractivity contribution in [1.29, 1.82) is 0 Å². The summed E-state index contributed by atoms with van der Waals surface area (Å²) in [5.74, 6) is 1.21. The van der Waals surface area contributed by atoms with Crippen LogP contribution in [0.15, 0.2) is 30.5 Å². The molecule has 1 aromatic carbocycles. The van der Waals surface area contributed by atoms with Crippen LogP contribution in [0.5, 0.6) is 0 Å². The molecule has 1 aliphatic carbocycles. The third kappa shape index (κ3) is 5.95. The Balaban J connectivity index is 1.25. The van der Waals surface area contributed by atoms with Gasteiger partial charge in [0.25, 0.3) is 5.91 Å². The highest BCUT2D eigenvalue weighted by Crippen LogP contribution is 2.33. The van der Waals surface area contributed by atoms with E-state index in [-0.39, 0.29) is 5.69 Å². The average Bonchev–Trinajstić information content (AvgIpc) is 3.45. The zero-order valence-corrected chi connectivity index (χ0v) is 22.1. The first kappa shape index (κ1) is 25.3. The van der Waals surface area contributed by atoms with Crippen molar-refractivity contribution in [2.75, 3.05) is 42.7 Å². The van der Waals surface area contributed by atoms with Crippen LogP contribution in [-0.2, 0) is 0 Å². The molecule has 4 N–H and O–H groups in total. The third-order valence-electron chi connectivity index (χ3n) is 8.04. The van der Waals surface area contributed by atoms with E-state index in [0.717, 1.165) is 43.5 Å². The van der Waals surface area contributed by atoms with Gasteiger partial charge >= 0.3 is 0 Å². The van der Waals surface area contributed by atoms with E-state index in [9.17, 15) is 4.79 Å². The van der Waals surface area contributed by atoms with E-state index in [2.05, 4.69) is 49.1 Å². The first-order valence-corrected chi connectivity index (χ1v) is 14.6. The highest BCUT2D eigenvalue weighted by Gasteiger charge is 2.28. The summed E-state index contributed by atoms with van der Waals surface area (Å²) in [6.07, 6.45) is 14.0. The number of rotatable bonds is 8. The number of hydrogen-bond acceptors (Lipinski definition) is 8. The lowest BCUT2D eigenvalue weighted by molar-refractivity contribution is 0.0996. The molecule has 1 atom stereocenters. The summed E-state index contributed by atoms with van der Waals surface area (Å²) >= 11 is 1.65. The minimum atomic E-state index is -0.581. The minimum Gasteiger partial charge on any atom is -0.364 e. The number of primary amides is 1. The smallest absolute Gasteiger partial charge is 0.271 e. The standard InChI is InChI=1S/C27H39N7OS/c1-36-32-22-5-4-14-34(18-22)24-17-29-25(26(28)35)27(31-24)30-21-10-8-19(9-11-21)20-12-15-33(16-13-20)23-6-2-3-7-23/h8-11,17,20,22-23,32H,2-7,12-16,18H2,1H3,(H2,28,35)(H,30,31)/t22-/m1/s1. The average molecular weight is 510 g/mol. The van der Waals surface area contributed by atoms with Crippen LogP contribution < -0.4 is 20.7 Å². The van der Waals surface area contributed by atoms with Crippen LogP contribution in [0.2, 0.25) is 0 Å². The second kappa shape index (κ2) is 11.8. The fourth-order valence-corrected chi connectivity index (χ4v) is 6.62. The summed E-state index contributed by atoms with van der Waals surface area (Å²) in [7, 11) is 0. The van der Waals surface area contributed by atoms with Gasteiger partial charge in [0.05, 0.1) is 6.20 Å². The molecular weight excluding hydrogens is 470 g/mol. The normalized spacial score (nSPS) is 22.1. The van der Waals surface area contributed by atoms with Gasteiger partial charge < -0.3 is 20.9 Å². The zero-order chi connectivity index (χ0) is 24.9. The Kier molecular flexibility index (Phi) is 8.29. The van der Waals surface area contributed by atoms with E-state index < -0.39 is 5.91 Å². The SMILES string of the molecule is CSN[C@@H]1CCCN(c2cnc(C(N)=O)c(Nc3ccc(C4CCN(C5CCCC5)CC4)cc3)n2)C1. The van der Waals surface area contributed by atoms with Crippen molar-refractivity contribution in [3.8, 4) is 0 Å². The molecule has 1 amide bonds. The van der Waals surface area contributed by atoms with Crippen molar-refractivity contribution in [1.82, 2.24) is 19.6 Å². The largest absolute Gasteiger partial charge is 0.364 e. The molecule has 8 nitrogen and oxygen atoms in total. The molecule has 1 saturated carbocycles. The molecule has 2 aromatic rings. The van der Waals surface area contributed by atoms with E-state index in [1.807, 2.05) is 6.26 Å². The predicted octanol–water partition coefficient (Wildman–Crippen LogP) is 4.28. The number of nitrogens with two attached hydrogens (primary N) is 1. The summed E-state index contributed by atoms with van der Waals surface area (Å²) < 4.78 is 3.45. The fourth-order valence-electron chi connectivity index (χ4n) is 6.09. The quantitative estimate of drug-likeness (QED) is 0.454. The summed E-state index contributed by atoms with van der Waals surface area (Å²) in [6, 6.07) is 9.81. The van der Waals surface area contributed by atoms with Gasteiger partial charge in [-0.05, 0) is 81.5 Å². The molecule has 2 aliphatic heterocycles. The number of carbonyl (C=O) groups excluding carboxylic acids is 1. The summed E-state index contributed by atoms with van der Waals surface area (Å²) in [5, 5.41) is 3.31. The summed E-state index contributed by atoms with van der Waals surface area (Å²) in [4.78, 5) is 26.2. The first-order chi connectivity index (χ1) is 17.6. The molecule has 36 heavy (non-hydrogen) atoms. The van der Waals surface area contributed by atoms with Gasteiger partial charge in [0.2, 0.25) is 0 Å². The molecule has 194 valence electrons. The van der Waals surface area contributed by atoms with Gasteiger partial charge in [-0.25, -0.2) is 9.97 Å². The van der Waals surface area contributed by atoms with Gasteiger partial charge in [0.1, 0.15) is 5.82 Å². The van der Waals surface area contributed by atoms with Crippen molar-refractivity contribution in [3.05, 3.63) is 41.7 Å². The Morgan fingerprint density at radius 2 is 1.78 bits per heavy atom. The Morgan fingerprint density at radius 1 is 1.03 bits per heavy atom. The highest BCUT2D eigenvalue weighted by atomic mass is 32.2. The van der Waals surface area contributed by atoms with Crippen LogP contribution in [0.3, 0.4) is 0 Å². The van der Waals surface area contributed by atoms with Gasteiger partial charge in [-0.15, -0.1) is 0 Å². The van der Waals surface area contributed by atoms with Crippen LogP contribution in [0.4, 0.5) is 17.3 Å².